The van der Waals surface area contributed by atoms with Crippen LogP contribution in [0.15, 0.2) is 194 Å². The molecule has 0 fully saturated rings. The molecule has 0 spiro atoms. The van der Waals surface area contributed by atoms with Gasteiger partial charge in [0.25, 0.3) is 0 Å². The Morgan fingerprint density at radius 3 is 1.41 bits per heavy atom. The molecule has 1 aromatic heterocycles. The molecule has 1 heterocycles. The second-order valence-electron chi connectivity index (χ2n) is 13.2. The van der Waals surface area contributed by atoms with Gasteiger partial charge in [0.2, 0.25) is 0 Å². The Hall–Kier alpha value is -7.48. The molecule has 54 heavy (non-hydrogen) atoms. The summed E-state index contributed by atoms with van der Waals surface area (Å²) in [4.78, 5) is 15.5. The molecule has 0 atom stereocenters. The van der Waals surface area contributed by atoms with Crippen LogP contribution in [0, 0.1) is 11.3 Å². The third-order valence-electron chi connectivity index (χ3n) is 9.76. The van der Waals surface area contributed by atoms with Gasteiger partial charge < -0.3 is 0 Å². The smallest absolute Gasteiger partial charge is 0.164 e. The topological polar surface area (TPSA) is 62.5 Å². The average Bonchev–Trinajstić information content (AvgIpc) is 3.26. The number of hydrogen-bond acceptors (Lipinski definition) is 4. The summed E-state index contributed by atoms with van der Waals surface area (Å²) in [6.07, 6.45) is 0. The summed E-state index contributed by atoms with van der Waals surface area (Å²) < 4.78 is 0. The van der Waals surface area contributed by atoms with E-state index in [1.165, 1.54) is 0 Å². The lowest BCUT2D eigenvalue weighted by atomic mass is 9.94. The molecule has 8 aromatic carbocycles. The molecule has 0 aliphatic carbocycles. The van der Waals surface area contributed by atoms with Crippen molar-refractivity contribution in [2.24, 2.45) is 0 Å². The first-order valence-electron chi connectivity index (χ1n) is 17.9. The fourth-order valence-electron chi connectivity index (χ4n) is 6.94. The van der Waals surface area contributed by atoms with Crippen LogP contribution in [0.4, 0.5) is 0 Å². The Morgan fingerprint density at radius 2 is 0.741 bits per heavy atom. The monoisotopic (exact) mass is 688 g/mol. The maximum absolute atomic E-state index is 9.44. The molecule has 0 N–H and O–H groups in total. The van der Waals surface area contributed by atoms with E-state index in [2.05, 4.69) is 158 Å². The van der Waals surface area contributed by atoms with Gasteiger partial charge in [0.05, 0.1) is 11.6 Å². The van der Waals surface area contributed by atoms with E-state index >= 15 is 0 Å². The minimum Gasteiger partial charge on any atom is -0.208 e. The van der Waals surface area contributed by atoms with E-state index in [1.807, 2.05) is 42.5 Å². The number of nitriles is 1. The molecule has 4 nitrogen and oxygen atoms in total. The molecule has 252 valence electrons. The fourth-order valence-corrected chi connectivity index (χ4v) is 6.94. The molecule has 0 bridgehead atoms. The van der Waals surface area contributed by atoms with Crippen molar-refractivity contribution in [2.45, 2.75) is 0 Å². The molecule has 4 heteroatoms. The second kappa shape index (κ2) is 14.3. The van der Waals surface area contributed by atoms with Crippen LogP contribution >= 0.6 is 0 Å². The first kappa shape index (κ1) is 32.4. The Kier molecular flexibility index (Phi) is 8.57. The normalized spacial score (nSPS) is 10.9. The van der Waals surface area contributed by atoms with Crippen LogP contribution in [-0.2, 0) is 0 Å². The summed E-state index contributed by atoms with van der Waals surface area (Å²) in [6.45, 7) is 0. The Morgan fingerprint density at radius 1 is 0.296 bits per heavy atom. The van der Waals surface area contributed by atoms with Crippen LogP contribution in [-0.4, -0.2) is 15.0 Å². The van der Waals surface area contributed by atoms with Gasteiger partial charge in [-0.25, -0.2) is 15.0 Å². The standard InChI is InChI=1S/C50H32N4/c51-33-34-11-10-18-40(29-34)41-23-24-43-31-45(26-25-42(43)30-41)49-52-48(39-21-19-37(20-22-39)35-12-4-1-5-13-35)53-50(54-49)47-32-44(36-14-6-2-7-15-36)27-28-46(47)38-16-8-3-9-17-38/h1-32H. The summed E-state index contributed by atoms with van der Waals surface area (Å²) in [7, 11) is 0. The van der Waals surface area contributed by atoms with Crippen molar-refractivity contribution in [1.82, 2.24) is 15.0 Å². The van der Waals surface area contributed by atoms with Gasteiger partial charge in [0, 0.05) is 16.7 Å². The predicted octanol–water partition coefficient (Wildman–Crippen LogP) is 12.6. The zero-order chi connectivity index (χ0) is 36.3. The van der Waals surface area contributed by atoms with E-state index in [-0.39, 0.29) is 0 Å². The zero-order valence-electron chi connectivity index (χ0n) is 29.3. The van der Waals surface area contributed by atoms with Gasteiger partial charge in [-0.1, -0.05) is 164 Å². The van der Waals surface area contributed by atoms with Gasteiger partial charge in [-0.15, -0.1) is 0 Å². The lowest BCUT2D eigenvalue weighted by Gasteiger charge is -2.14. The van der Waals surface area contributed by atoms with Gasteiger partial charge in [0.15, 0.2) is 17.5 Å². The Bertz CT molecular complexity index is 2810. The summed E-state index contributed by atoms with van der Waals surface area (Å²) in [6, 6.07) is 68.8. The molecule has 0 radical (unpaired) electrons. The highest BCUT2D eigenvalue weighted by atomic mass is 15.0. The van der Waals surface area contributed by atoms with Crippen molar-refractivity contribution < 1.29 is 0 Å². The average molecular weight is 689 g/mol. The largest absolute Gasteiger partial charge is 0.208 e. The van der Waals surface area contributed by atoms with E-state index in [0.717, 1.165) is 72.0 Å². The third-order valence-corrected chi connectivity index (χ3v) is 9.76. The summed E-state index contributed by atoms with van der Waals surface area (Å²) in [5.74, 6) is 1.80. The van der Waals surface area contributed by atoms with Crippen LogP contribution in [0.1, 0.15) is 5.56 Å². The minimum atomic E-state index is 0.596. The molecule has 0 aliphatic heterocycles. The third kappa shape index (κ3) is 6.54. The molecule has 0 aliphatic rings. The number of fused-ring (bicyclic) bond motifs is 1. The van der Waals surface area contributed by atoms with E-state index in [1.54, 1.807) is 0 Å². The number of nitrogens with zero attached hydrogens (tertiary/aromatic N) is 4. The molecule has 0 amide bonds. The van der Waals surface area contributed by atoms with Crippen LogP contribution in [0.5, 0.6) is 0 Å². The Labute approximate surface area is 314 Å². The highest BCUT2D eigenvalue weighted by Crippen LogP contribution is 2.37. The predicted molar refractivity (Wildman–Crippen MR) is 220 cm³/mol. The summed E-state index contributed by atoms with van der Waals surface area (Å²) in [5.41, 5.74) is 12.1. The fraction of sp³-hybridized carbons (Fsp3) is 0. The van der Waals surface area contributed by atoms with Crippen molar-refractivity contribution >= 4 is 10.8 Å². The van der Waals surface area contributed by atoms with Crippen molar-refractivity contribution in [1.29, 1.82) is 5.26 Å². The van der Waals surface area contributed by atoms with Crippen molar-refractivity contribution in [2.75, 3.05) is 0 Å². The molecule has 0 unspecified atom stereocenters. The molecule has 0 saturated heterocycles. The van der Waals surface area contributed by atoms with Gasteiger partial charge in [-0.3, -0.25) is 0 Å². The number of rotatable bonds is 7. The number of aromatic nitrogens is 3. The van der Waals surface area contributed by atoms with Gasteiger partial charge in [-0.2, -0.15) is 5.26 Å². The van der Waals surface area contributed by atoms with Gasteiger partial charge in [-0.05, 0) is 85.6 Å². The van der Waals surface area contributed by atoms with E-state index < -0.39 is 0 Å². The Balaban J connectivity index is 1.21. The molecular weight excluding hydrogens is 657 g/mol. The quantitative estimate of drug-likeness (QED) is 0.167. The van der Waals surface area contributed by atoms with Gasteiger partial charge >= 0.3 is 0 Å². The molecular formula is C50H32N4. The van der Waals surface area contributed by atoms with E-state index in [9.17, 15) is 5.26 Å². The highest BCUT2D eigenvalue weighted by Gasteiger charge is 2.18. The minimum absolute atomic E-state index is 0.596. The SMILES string of the molecule is N#Cc1cccc(-c2ccc3cc(-c4nc(-c5ccc(-c6ccccc6)cc5)nc(-c5cc(-c6ccccc6)ccc5-c5ccccc5)n4)ccc3c2)c1. The number of benzene rings is 8. The van der Waals surface area contributed by atoms with E-state index in [0.29, 0.717) is 23.0 Å². The van der Waals surface area contributed by atoms with Crippen LogP contribution in [0.25, 0.3) is 89.4 Å². The van der Waals surface area contributed by atoms with Gasteiger partial charge in [0.1, 0.15) is 0 Å². The first-order valence-corrected chi connectivity index (χ1v) is 17.9. The maximum atomic E-state index is 9.44. The lowest BCUT2D eigenvalue weighted by molar-refractivity contribution is 1.07. The second-order valence-corrected chi connectivity index (χ2v) is 13.2. The summed E-state index contributed by atoms with van der Waals surface area (Å²) in [5, 5.41) is 11.6. The molecule has 9 aromatic rings. The molecule has 9 rings (SSSR count). The van der Waals surface area contributed by atoms with Crippen LogP contribution in [0.2, 0.25) is 0 Å². The van der Waals surface area contributed by atoms with Crippen molar-refractivity contribution in [3.63, 3.8) is 0 Å². The van der Waals surface area contributed by atoms with Crippen molar-refractivity contribution in [3.05, 3.63) is 200 Å². The lowest BCUT2D eigenvalue weighted by Crippen LogP contribution is -2.01. The van der Waals surface area contributed by atoms with E-state index in [4.69, 9.17) is 15.0 Å². The first-order chi connectivity index (χ1) is 26.7. The maximum Gasteiger partial charge on any atom is 0.164 e. The summed E-state index contributed by atoms with van der Waals surface area (Å²) >= 11 is 0. The van der Waals surface area contributed by atoms with Crippen LogP contribution in [0.3, 0.4) is 0 Å². The zero-order valence-corrected chi connectivity index (χ0v) is 29.3. The number of hydrogen-bond donors (Lipinski definition) is 0. The van der Waals surface area contributed by atoms with Crippen LogP contribution < -0.4 is 0 Å². The molecule has 0 saturated carbocycles. The van der Waals surface area contributed by atoms with Crippen molar-refractivity contribution in [3.8, 4) is 84.7 Å². The highest BCUT2D eigenvalue weighted by molar-refractivity contribution is 5.91.